The van der Waals surface area contributed by atoms with Crippen LogP contribution in [0.15, 0.2) is 45.3 Å². The molecule has 0 saturated carbocycles. The fourth-order valence-corrected chi connectivity index (χ4v) is 3.16. The zero-order valence-electron chi connectivity index (χ0n) is 10.7. The van der Waals surface area contributed by atoms with E-state index in [9.17, 15) is 4.79 Å². The van der Waals surface area contributed by atoms with E-state index < -0.39 is 5.97 Å². The van der Waals surface area contributed by atoms with E-state index in [1.54, 1.807) is 0 Å². The van der Waals surface area contributed by atoms with Crippen molar-refractivity contribution in [3.05, 3.63) is 62.0 Å². The summed E-state index contributed by atoms with van der Waals surface area (Å²) < 4.78 is 7.00. The standard InChI is InChI=1S/C15H12Br2O3/c1-9-4-2-3-5-10(9)8-20-14-12(16)6-11(15(18)19)7-13(14)17/h2-7H,8H2,1H3,(H,18,19). The van der Waals surface area contributed by atoms with Crippen LogP contribution in [0.3, 0.4) is 0 Å². The minimum atomic E-state index is -0.975. The van der Waals surface area contributed by atoms with E-state index in [1.807, 2.05) is 31.2 Å². The Balaban J connectivity index is 2.22. The summed E-state index contributed by atoms with van der Waals surface area (Å²) in [6, 6.07) is 11.0. The monoisotopic (exact) mass is 398 g/mol. The number of carboxylic acid groups (broad SMARTS) is 1. The molecule has 0 fully saturated rings. The van der Waals surface area contributed by atoms with Crippen LogP contribution in [0.2, 0.25) is 0 Å². The Morgan fingerprint density at radius 1 is 1.20 bits per heavy atom. The van der Waals surface area contributed by atoms with Crippen molar-refractivity contribution >= 4 is 37.8 Å². The molecule has 3 nitrogen and oxygen atoms in total. The normalized spacial score (nSPS) is 10.3. The summed E-state index contributed by atoms with van der Waals surface area (Å²) in [5.41, 5.74) is 2.45. The molecule has 0 aliphatic rings. The average Bonchev–Trinajstić information content (AvgIpc) is 2.39. The summed E-state index contributed by atoms with van der Waals surface area (Å²) in [4.78, 5) is 11.0. The van der Waals surface area contributed by atoms with E-state index in [0.29, 0.717) is 21.3 Å². The fourth-order valence-electron chi connectivity index (χ4n) is 1.74. The van der Waals surface area contributed by atoms with Gasteiger partial charge in [0.15, 0.2) is 0 Å². The smallest absolute Gasteiger partial charge is 0.335 e. The van der Waals surface area contributed by atoms with Crippen molar-refractivity contribution in [2.75, 3.05) is 0 Å². The summed E-state index contributed by atoms with van der Waals surface area (Å²) in [6.07, 6.45) is 0. The van der Waals surface area contributed by atoms with E-state index >= 15 is 0 Å². The topological polar surface area (TPSA) is 46.5 Å². The predicted octanol–water partition coefficient (Wildman–Crippen LogP) is 4.80. The van der Waals surface area contributed by atoms with Gasteiger partial charge in [-0.3, -0.25) is 0 Å². The highest BCUT2D eigenvalue weighted by molar-refractivity contribution is 9.11. The predicted molar refractivity (Wildman–Crippen MR) is 84.3 cm³/mol. The molecule has 5 heteroatoms. The number of aryl methyl sites for hydroxylation is 1. The lowest BCUT2D eigenvalue weighted by molar-refractivity contribution is 0.0696. The van der Waals surface area contributed by atoms with Crippen LogP contribution in [-0.4, -0.2) is 11.1 Å². The molecule has 104 valence electrons. The van der Waals surface area contributed by atoms with E-state index in [-0.39, 0.29) is 5.56 Å². The maximum Gasteiger partial charge on any atom is 0.335 e. The molecule has 0 amide bonds. The van der Waals surface area contributed by atoms with E-state index in [0.717, 1.165) is 11.1 Å². The molecule has 20 heavy (non-hydrogen) atoms. The second kappa shape index (κ2) is 6.41. The average molecular weight is 400 g/mol. The zero-order chi connectivity index (χ0) is 14.7. The van der Waals surface area contributed by atoms with Crippen LogP contribution in [0.25, 0.3) is 0 Å². The third-order valence-electron chi connectivity index (χ3n) is 2.88. The molecule has 0 unspecified atom stereocenters. The van der Waals surface area contributed by atoms with Crippen molar-refractivity contribution in [1.82, 2.24) is 0 Å². The van der Waals surface area contributed by atoms with Crippen LogP contribution in [0.5, 0.6) is 5.75 Å². The molecule has 0 saturated heterocycles. The second-order valence-corrected chi connectivity index (χ2v) is 6.00. The van der Waals surface area contributed by atoms with Crippen LogP contribution < -0.4 is 4.74 Å². The van der Waals surface area contributed by atoms with Crippen LogP contribution in [0.1, 0.15) is 21.5 Å². The number of benzene rings is 2. The van der Waals surface area contributed by atoms with Gasteiger partial charge in [-0.05, 0) is 62.0 Å². The Kier molecular flexibility index (Phi) is 4.83. The molecule has 0 aliphatic carbocycles. The minimum absolute atomic E-state index is 0.201. The quantitative estimate of drug-likeness (QED) is 0.803. The van der Waals surface area contributed by atoms with Gasteiger partial charge in [-0.15, -0.1) is 0 Å². The van der Waals surface area contributed by atoms with Crippen molar-refractivity contribution in [2.24, 2.45) is 0 Å². The zero-order valence-corrected chi connectivity index (χ0v) is 13.9. The van der Waals surface area contributed by atoms with Gasteiger partial charge in [-0.2, -0.15) is 0 Å². The van der Waals surface area contributed by atoms with E-state index in [2.05, 4.69) is 31.9 Å². The Morgan fingerprint density at radius 2 is 1.80 bits per heavy atom. The van der Waals surface area contributed by atoms with Crippen LogP contribution in [0.4, 0.5) is 0 Å². The van der Waals surface area contributed by atoms with Gasteiger partial charge in [-0.25, -0.2) is 4.79 Å². The Labute approximate surface area is 133 Å². The summed E-state index contributed by atoms with van der Waals surface area (Å²) in [5, 5.41) is 8.99. The molecule has 0 atom stereocenters. The Hall–Kier alpha value is -1.33. The lowest BCUT2D eigenvalue weighted by Gasteiger charge is -2.12. The molecular weight excluding hydrogens is 388 g/mol. The highest BCUT2D eigenvalue weighted by atomic mass is 79.9. The SMILES string of the molecule is Cc1ccccc1COc1c(Br)cc(C(=O)O)cc1Br. The number of hydrogen-bond acceptors (Lipinski definition) is 2. The van der Waals surface area contributed by atoms with Crippen molar-refractivity contribution in [3.8, 4) is 5.75 Å². The number of ether oxygens (including phenoxy) is 1. The lowest BCUT2D eigenvalue weighted by Crippen LogP contribution is -2.01. The van der Waals surface area contributed by atoms with Crippen molar-refractivity contribution in [1.29, 1.82) is 0 Å². The Bertz CT molecular complexity index is 630. The van der Waals surface area contributed by atoms with Gasteiger partial charge in [0, 0.05) is 0 Å². The third kappa shape index (κ3) is 3.41. The molecule has 0 bridgehead atoms. The number of aromatic carboxylic acids is 1. The number of rotatable bonds is 4. The highest BCUT2D eigenvalue weighted by Crippen LogP contribution is 2.35. The van der Waals surface area contributed by atoms with Gasteiger partial charge in [0.2, 0.25) is 0 Å². The van der Waals surface area contributed by atoms with Gasteiger partial charge in [0.1, 0.15) is 12.4 Å². The van der Waals surface area contributed by atoms with Crippen LogP contribution in [0, 0.1) is 6.92 Å². The van der Waals surface area contributed by atoms with E-state index in [1.165, 1.54) is 12.1 Å². The van der Waals surface area contributed by atoms with Crippen LogP contribution >= 0.6 is 31.9 Å². The summed E-state index contributed by atoms with van der Waals surface area (Å²) in [6.45, 7) is 2.45. The van der Waals surface area contributed by atoms with Gasteiger partial charge >= 0.3 is 5.97 Å². The molecule has 0 heterocycles. The first kappa shape index (κ1) is 15.1. The molecule has 0 aromatic heterocycles. The molecule has 2 aromatic rings. The van der Waals surface area contributed by atoms with Crippen LogP contribution in [-0.2, 0) is 6.61 Å². The maximum absolute atomic E-state index is 11.0. The molecular formula is C15H12Br2O3. The first-order chi connectivity index (χ1) is 9.49. The number of carbonyl (C=O) groups is 1. The third-order valence-corrected chi connectivity index (χ3v) is 4.06. The fraction of sp³-hybridized carbons (Fsp3) is 0.133. The summed E-state index contributed by atoms with van der Waals surface area (Å²) in [5.74, 6) is -0.380. The highest BCUT2D eigenvalue weighted by Gasteiger charge is 2.13. The summed E-state index contributed by atoms with van der Waals surface area (Å²) in [7, 11) is 0. The van der Waals surface area contributed by atoms with Gasteiger partial charge < -0.3 is 9.84 Å². The number of hydrogen-bond donors (Lipinski definition) is 1. The first-order valence-corrected chi connectivity index (χ1v) is 7.47. The molecule has 0 radical (unpaired) electrons. The van der Waals surface area contributed by atoms with Gasteiger partial charge in [0.25, 0.3) is 0 Å². The lowest BCUT2D eigenvalue weighted by atomic mass is 10.1. The molecule has 2 aromatic carbocycles. The molecule has 0 aliphatic heterocycles. The Morgan fingerprint density at radius 3 is 2.35 bits per heavy atom. The largest absolute Gasteiger partial charge is 0.487 e. The number of carboxylic acids is 1. The van der Waals surface area contributed by atoms with E-state index in [4.69, 9.17) is 9.84 Å². The molecule has 0 spiro atoms. The van der Waals surface area contributed by atoms with Crippen molar-refractivity contribution in [2.45, 2.75) is 13.5 Å². The summed E-state index contributed by atoms with van der Waals surface area (Å²) >= 11 is 6.68. The minimum Gasteiger partial charge on any atom is -0.487 e. The van der Waals surface area contributed by atoms with Crippen molar-refractivity contribution in [3.63, 3.8) is 0 Å². The van der Waals surface area contributed by atoms with Crippen molar-refractivity contribution < 1.29 is 14.6 Å². The molecule has 2 rings (SSSR count). The number of halogens is 2. The first-order valence-electron chi connectivity index (χ1n) is 5.88. The second-order valence-electron chi connectivity index (χ2n) is 4.29. The van der Waals surface area contributed by atoms with Gasteiger partial charge in [-0.1, -0.05) is 24.3 Å². The maximum atomic E-state index is 11.0. The van der Waals surface area contributed by atoms with Gasteiger partial charge in [0.05, 0.1) is 14.5 Å². The molecule has 1 N–H and O–H groups in total.